The van der Waals surface area contributed by atoms with E-state index in [0.717, 1.165) is 49.3 Å². The van der Waals surface area contributed by atoms with E-state index in [9.17, 15) is 0 Å². The molecule has 1 saturated heterocycles. The van der Waals surface area contributed by atoms with Crippen molar-refractivity contribution in [2.75, 3.05) is 26.3 Å². The summed E-state index contributed by atoms with van der Waals surface area (Å²) in [5, 5.41) is 4.56. The molecule has 1 unspecified atom stereocenters. The highest BCUT2D eigenvalue weighted by Gasteiger charge is 2.35. The molecule has 5 nitrogen and oxygen atoms in total. The van der Waals surface area contributed by atoms with Gasteiger partial charge < -0.3 is 10.5 Å². The second-order valence-corrected chi connectivity index (χ2v) is 7.04. The van der Waals surface area contributed by atoms with Gasteiger partial charge in [-0.1, -0.05) is 6.92 Å². The van der Waals surface area contributed by atoms with E-state index >= 15 is 0 Å². The maximum absolute atomic E-state index is 6.56. The molecule has 0 amide bonds. The Morgan fingerprint density at radius 3 is 2.52 bits per heavy atom. The molecular formula is C15H27BrN4O. The Morgan fingerprint density at radius 2 is 2.00 bits per heavy atom. The standard InChI is InChI=1S/C15H27BrN4O/c1-5-11-14(16)12(19(4)18-11)10-13(17)15(2,3)20-6-8-21-9-7-20/h13H,5-10,17H2,1-4H3. The number of nitrogens with two attached hydrogens (primary N) is 1. The first-order valence-corrected chi connectivity index (χ1v) is 8.45. The largest absolute Gasteiger partial charge is 0.379 e. The molecular weight excluding hydrogens is 332 g/mol. The van der Waals surface area contributed by atoms with Crippen molar-refractivity contribution in [3.05, 3.63) is 15.9 Å². The number of morpholine rings is 1. The van der Waals surface area contributed by atoms with Crippen LogP contribution in [0.3, 0.4) is 0 Å². The molecule has 1 atom stereocenters. The zero-order valence-corrected chi connectivity index (χ0v) is 15.1. The fourth-order valence-corrected chi connectivity index (χ4v) is 3.65. The molecule has 0 aliphatic carbocycles. The van der Waals surface area contributed by atoms with Crippen molar-refractivity contribution in [2.24, 2.45) is 12.8 Å². The summed E-state index contributed by atoms with van der Waals surface area (Å²) in [4.78, 5) is 2.44. The molecule has 1 fully saturated rings. The normalized spacial score (nSPS) is 19.0. The number of nitrogens with zero attached hydrogens (tertiary/aromatic N) is 3. The van der Waals surface area contributed by atoms with Crippen molar-refractivity contribution in [1.29, 1.82) is 0 Å². The fourth-order valence-electron chi connectivity index (χ4n) is 2.87. The Morgan fingerprint density at radius 1 is 1.38 bits per heavy atom. The van der Waals surface area contributed by atoms with Crippen molar-refractivity contribution >= 4 is 15.9 Å². The van der Waals surface area contributed by atoms with Crippen LogP contribution >= 0.6 is 15.9 Å². The Balaban J connectivity index is 2.13. The van der Waals surface area contributed by atoms with Crippen LogP contribution in [0, 0.1) is 0 Å². The first-order valence-electron chi connectivity index (χ1n) is 7.66. The predicted octanol–water partition coefficient (Wildman–Crippen LogP) is 1.73. The van der Waals surface area contributed by atoms with Gasteiger partial charge in [0.25, 0.3) is 0 Å². The summed E-state index contributed by atoms with van der Waals surface area (Å²) in [5.41, 5.74) is 8.78. The maximum Gasteiger partial charge on any atom is 0.0766 e. The van der Waals surface area contributed by atoms with Crippen LogP contribution in [0.4, 0.5) is 0 Å². The van der Waals surface area contributed by atoms with Gasteiger partial charge in [0, 0.05) is 38.1 Å². The van der Waals surface area contributed by atoms with Gasteiger partial charge in [0.05, 0.1) is 29.1 Å². The van der Waals surface area contributed by atoms with Gasteiger partial charge >= 0.3 is 0 Å². The second-order valence-electron chi connectivity index (χ2n) is 6.25. The van der Waals surface area contributed by atoms with E-state index in [4.69, 9.17) is 10.5 Å². The van der Waals surface area contributed by atoms with Gasteiger partial charge in [-0.2, -0.15) is 5.10 Å². The zero-order valence-electron chi connectivity index (χ0n) is 13.5. The van der Waals surface area contributed by atoms with Gasteiger partial charge in [0.2, 0.25) is 0 Å². The molecule has 1 aromatic heterocycles. The molecule has 1 aromatic rings. The number of aryl methyl sites for hydroxylation is 2. The van der Waals surface area contributed by atoms with Crippen LogP contribution in [0.25, 0.3) is 0 Å². The Labute approximate surface area is 135 Å². The first kappa shape index (κ1) is 16.9. The highest BCUT2D eigenvalue weighted by Crippen LogP contribution is 2.27. The summed E-state index contributed by atoms with van der Waals surface area (Å²) < 4.78 is 8.51. The molecule has 2 rings (SSSR count). The number of halogens is 1. The van der Waals surface area contributed by atoms with E-state index in [1.807, 2.05) is 11.7 Å². The molecule has 1 aliphatic rings. The fraction of sp³-hybridized carbons (Fsp3) is 0.800. The number of ether oxygens (including phenoxy) is 1. The summed E-state index contributed by atoms with van der Waals surface area (Å²) in [6.07, 6.45) is 1.74. The minimum absolute atomic E-state index is 0.0482. The molecule has 120 valence electrons. The molecule has 21 heavy (non-hydrogen) atoms. The number of aromatic nitrogens is 2. The van der Waals surface area contributed by atoms with Crippen molar-refractivity contribution in [1.82, 2.24) is 14.7 Å². The van der Waals surface area contributed by atoms with E-state index in [2.05, 4.69) is 46.7 Å². The molecule has 0 saturated carbocycles. The van der Waals surface area contributed by atoms with Gasteiger partial charge in [-0.3, -0.25) is 9.58 Å². The van der Waals surface area contributed by atoms with E-state index in [1.54, 1.807) is 0 Å². The summed E-state index contributed by atoms with van der Waals surface area (Å²) in [5.74, 6) is 0. The van der Waals surface area contributed by atoms with Gasteiger partial charge in [0.1, 0.15) is 0 Å². The summed E-state index contributed by atoms with van der Waals surface area (Å²) >= 11 is 3.68. The number of hydrogen-bond donors (Lipinski definition) is 1. The third kappa shape index (κ3) is 3.50. The van der Waals surface area contributed by atoms with Crippen molar-refractivity contribution in [3.63, 3.8) is 0 Å². The quantitative estimate of drug-likeness (QED) is 0.870. The summed E-state index contributed by atoms with van der Waals surface area (Å²) in [6, 6.07) is 0.0482. The SMILES string of the molecule is CCc1nn(C)c(CC(N)C(C)(C)N2CCOCC2)c1Br. The predicted molar refractivity (Wildman–Crippen MR) is 88.4 cm³/mol. The third-order valence-corrected chi connectivity index (χ3v) is 5.57. The van der Waals surface area contributed by atoms with Crippen molar-refractivity contribution in [2.45, 2.75) is 45.2 Å². The van der Waals surface area contributed by atoms with Crippen LogP contribution in [0.15, 0.2) is 4.47 Å². The average Bonchev–Trinajstić information content (AvgIpc) is 2.75. The van der Waals surface area contributed by atoms with Gasteiger partial charge in [0.15, 0.2) is 0 Å². The third-order valence-electron chi connectivity index (χ3n) is 4.65. The lowest BCUT2D eigenvalue weighted by molar-refractivity contribution is -0.0187. The lowest BCUT2D eigenvalue weighted by Crippen LogP contribution is -2.59. The zero-order chi connectivity index (χ0) is 15.6. The second kappa shape index (κ2) is 6.77. The van der Waals surface area contributed by atoms with E-state index < -0.39 is 0 Å². The van der Waals surface area contributed by atoms with Gasteiger partial charge in [-0.15, -0.1) is 0 Å². The van der Waals surface area contributed by atoms with Crippen molar-refractivity contribution in [3.8, 4) is 0 Å². The molecule has 2 N–H and O–H groups in total. The Bertz CT molecular complexity index is 480. The summed E-state index contributed by atoms with van der Waals surface area (Å²) in [7, 11) is 1.99. The van der Waals surface area contributed by atoms with Crippen LogP contribution in [0.2, 0.25) is 0 Å². The molecule has 0 aromatic carbocycles. The minimum atomic E-state index is -0.0557. The Hall–Kier alpha value is -0.430. The molecule has 0 bridgehead atoms. The number of hydrogen-bond acceptors (Lipinski definition) is 4. The van der Waals surface area contributed by atoms with Gasteiger partial charge in [-0.25, -0.2) is 0 Å². The maximum atomic E-state index is 6.56. The lowest BCUT2D eigenvalue weighted by atomic mass is 9.89. The lowest BCUT2D eigenvalue weighted by Gasteiger charge is -2.44. The molecule has 0 radical (unpaired) electrons. The van der Waals surface area contributed by atoms with Crippen LogP contribution in [-0.4, -0.2) is 52.6 Å². The molecule has 1 aliphatic heterocycles. The summed E-state index contributed by atoms with van der Waals surface area (Å²) in [6.45, 7) is 10.1. The topological polar surface area (TPSA) is 56.3 Å². The molecule has 2 heterocycles. The monoisotopic (exact) mass is 358 g/mol. The van der Waals surface area contributed by atoms with E-state index in [-0.39, 0.29) is 11.6 Å². The van der Waals surface area contributed by atoms with Crippen molar-refractivity contribution < 1.29 is 4.74 Å². The minimum Gasteiger partial charge on any atom is -0.379 e. The van der Waals surface area contributed by atoms with Crippen LogP contribution in [0.1, 0.15) is 32.2 Å². The first-order chi connectivity index (χ1) is 9.87. The van der Waals surface area contributed by atoms with E-state index in [0.29, 0.717) is 0 Å². The molecule has 0 spiro atoms. The smallest absolute Gasteiger partial charge is 0.0766 e. The average molecular weight is 359 g/mol. The van der Waals surface area contributed by atoms with Crippen LogP contribution < -0.4 is 5.73 Å². The Kier molecular flexibility index (Phi) is 5.46. The highest BCUT2D eigenvalue weighted by molar-refractivity contribution is 9.10. The number of rotatable bonds is 5. The highest BCUT2D eigenvalue weighted by atomic mass is 79.9. The van der Waals surface area contributed by atoms with Gasteiger partial charge in [-0.05, 0) is 36.2 Å². The molecule has 6 heteroatoms. The van der Waals surface area contributed by atoms with Crippen LogP contribution in [0.5, 0.6) is 0 Å². The van der Waals surface area contributed by atoms with E-state index in [1.165, 1.54) is 5.69 Å². The van der Waals surface area contributed by atoms with Crippen LogP contribution in [-0.2, 0) is 24.6 Å².